The van der Waals surface area contributed by atoms with Crippen molar-refractivity contribution in [2.24, 2.45) is 0 Å². The summed E-state index contributed by atoms with van der Waals surface area (Å²) in [6.07, 6.45) is 2.24. The zero-order valence-corrected chi connectivity index (χ0v) is 8.19. The molecule has 2 heteroatoms. The Morgan fingerprint density at radius 2 is 2.18 bits per heavy atom. The molecule has 1 rings (SSSR count). The Balaban J connectivity index is 2.96. The maximum atomic E-state index is 5.70. The van der Waals surface area contributed by atoms with Crippen molar-refractivity contribution in [3.05, 3.63) is 28.2 Å². The minimum atomic E-state index is 0.830. The summed E-state index contributed by atoms with van der Waals surface area (Å²) in [4.78, 5) is 0. The molecule has 0 bridgehead atoms. The Hall–Kier alpha value is -0.500. The highest BCUT2D eigenvalue weighted by atomic mass is 79.9. The van der Waals surface area contributed by atoms with Gasteiger partial charge in [0.2, 0.25) is 0 Å². The van der Waals surface area contributed by atoms with Gasteiger partial charge in [-0.1, -0.05) is 25.5 Å². The van der Waals surface area contributed by atoms with E-state index in [-0.39, 0.29) is 0 Å². The SMILES string of the molecule is CCCc1cccc(N)c1Br. The molecule has 0 atom stereocenters. The molecule has 1 nitrogen and oxygen atoms in total. The molecular formula is C9H12BrN. The first-order valence-corrected chi connectivity index (χ1v) is 4.58. The van der Waals surface area contributed by atoms with Gasteiger partial charge in [0, 0.05) is 10.2 Å². The smallest absolute Gasteiger partial charge is 0.0461 e. The van der Waals surface area contributed by atoms with E-state index in [9.17, 15) is 0 Å². The largest absolute Gasteiger partial charge is 0.398 e. The van der Waals surface area contributed by atoms with Crippen LogP contribution in [-0.2, 0) is 6.42 Å². The summed E-state index contributed by atoms with van der Waals surface area (Å²) >= 11 is 3.46. The van der Waals surface area contributed by atoms with Gasteiger partial charge in [0.05, 0.1) is 0 Å². The highest BCUT2D eigenvalue weighted by Gasteiger charge is 2.00. The third-order valence-corrected chi connectivity index (χ3v) is 2.60. The van der Waals surface area contributed by atoms with Crippen LogP contribution in [0.3, 0.4) is 0 Å². The van der Waals surface area contributed by atoms with E-state index >= 15 is 0 Å². The molecule has 0 unspecified atom stereocenters. The number of rotatable bonds is 2. The Morgan fingerprint density at radius 1 is 1.45 bits per heavy atom. The lowest BCUT2D eigenvalue weighted by molar-refractivity contribution is 0.918. The molecule has 1 aromatic carbocycles. The van der Waals surface area contributed by atoms with Gasteiger partial charge >= 0.3 is 0 Å². The maximum Gasteiger partial charge on any atom is 0.0461 e. The van der Waals surface area contributed by atoms with Crippen LogP contribution in [0.2, 0.25) is 0 Å². The summed E-state index contributed by atoms with van der Waals surface area (Å²) in [7, 11) is 0. The molecule has 0 aliphatic heterocycles. The molecule has 0 radical (unpaired) electrons. The minimum Gasteiger partial charge on any atom is -0.398 e. The lowest BCUT2D eigenvalue weighted by Gasteiger charge is -2.04. The summed E-state index contributed by atoms with van der Waals surface area (Å²) in [5, 5.41) is 0. The molecular weight excluding hydrogens is 202 g/mol. The second-order valence-corrected chi connectivity index (χ2v) is 3.36. The van der Waals surface area contributed by atoms with Crippen LogP contribution in [0.4, 0.5) is 5.69 Å². The van der Waals surface area contributed by atoms with E-state index in [4.69, 9.17) is 5.73 Å². The molecule has 11 heavy (non-hydrogen) atoms. The Labute approximate surface area is 75.7 Å². The van der Waals surface area contributed by atoms with Crippen molar-refractivity contribution >= 4 is 21.6 Å². The molecule has 1 aromatic rings. The molecule has 0 aromatic heterocycles. The van der Waals surface area contributed by atoms with Crippen molar-refractivity contribution in [3.63, 3.8) is 0 Å². The summed E-state index contributed by atoms with van der Waals surface area (Å²) in [5.41, 5.74) is 7.83. The quantitative estimate of drug-likeness (QED) is 0.752. The number of hydrogen-bond acceptors (Lipinski definition) is 1. The Kier molecular flexibility index (Phi) is 2.94. The lowest BCUT2D eigenvalue weighted by atomic mass is 10.1. The minimum absolute atomic E-state index is 0.830. The van der Waals surface area contributed by atoms with Gasteiger partial charge in [-0.05, 0) is 34.0 Å². The third kappa shape index (κ3) is 1.96. The summed E-state index contributed by atoms with van der Waals surface area (Å²) < 4.78 is 1.06. The van der Waals surface area contributed by atoms with E-state index in [2.05, 4.69) is 28.9 Å². The molecule has 0 spiro atoms. The molecule has 0 heterocycles. The lowest BCUT2D eigenvalue weighted by Crippen LogP contribution is -1.91. The fourth-order valence-corrected chi connectivity index (χ4v) is 1.52. The molecule has 2 N–H and O–H groups in total. The van der Waals surface area contributed by atoms with Gasteiger partial charge in [-0.3, -0.25) is 0 Å². The van der Waals surface area contributed by atoms with Crippen LogP contribution in [-0.4, -0.2) is 0 Å². The molecule has 0 aliphatic rings. The predicted octanol–water partition coefficient (Wildman–Crippen LogP) is 2.98. The maximum absolute atomic E-state index is 5.70. The van der Waals surface area contributed by atoms with Crippen molar-refractivity contribution in [3.8, 4) is 0 Å². The predicted molar refractivity (Wildman–Crippen MR) is 52.5 cm³/mol. The normalized spacial score (nSPS) is 10.0. The van der Waals surface area contributed by atoms with Crippen LogP contribution in [0.15, 0.2) is 22.7 Å². The Bertz CT molecular complexity index is 245. The van der Waals surface area contributed by atoms with Crippen LogP contribution < -0.4 is 5.73 Å². The van der Waals surface area contributed by atoms with Gasteiger partial charge in [-0.25, -0.2) is 0 Å². The van der Waals surface area contributed by atoms with E-state index in [1.807, 2.05) is 12.1 Å². The van der Waals surface area contributed by atoms with E-state index in [0.717, 1.165) is 23.0 Å². The van der Waals surface area contributed by atoms with Gasteiger partial charge in [0.15, 0.2) is 0 Å². The van der Waals surface area contributed by atoms with Crippen molar-refractivity contribution in [1.82, 2.24) is 0 Å². The number of halogens is 1. The van der Waals surface area contributed by atoms with Gasteiger partial charge in [0.1, 0.15) is 0 Å². The molecule has 0 fully saturated rings. The topological polar surface area (TPSA) is 26.0 Å². The van der Waals surface area contributed by atoms with E-state index in [1.54, 1.807) is 0 Å². The average Bonchev–Trinajstić information content (AvgIpc) is 1.99. The van der Waals surface area contributed by atoms with Crippen molar-refractivity contribution in [1.29, 1.82) is 0 Å². The number of nitrogens with two attached hydrogens (primary N) is 1. The van der Waals surface area contributed by atoms with Gasteiger partial charge < -0.3 is 5.73 Å². The third-order valence-electron chi connectivity index (χ3n) is 1.63. The molecule has 0 aliphatic carbocycles. The summed E-state index contributed by atoms with van der Waals surface area (Å²) in [5.74, 6) is 0. The van der Waals surface area contributed by atoms with E-state index in [1.165, 1.54) is 5.56 Å². The van der Waals surface area contributed by atoms with Crippen LogP contribution in [0.1, 0.15) is 18.9 Å². The monoisotopic (exact) mass is 213 g/mol. The number of anilines is 1. The van der Waals surface area contributed by atoms with E-state index in [0.29, 0.717) is 0 Å². The first kappa shape index (κ1) is 8.60. The Morgan fingerprint density at radius 3 is 2.82 bits per heavy atom. The molecule has 0 saturated carbocycles. The van der Waals surface area contributed by atoms with Crippen molar-refractivity contribution in [2.45, 2.75) is 19.8 Å². The number of hydrogen-bond donors (Lipinski definition) is 1. The molecule has 0 saturated heterocycles. The van der Waals surface area contributed by atoms with Crippen molar-refractivity contribution < 1.29 is 0 Å². The highest BCUT2D eigenvalue weighted by molar-refractivity contribution is 9.10. The fourth-order valence-electron chi connectivity index (χ4n) is 1.06. The number of aryl methyl sites for hydroxylation is 1. The van der Waals surface area contributed by atoms with Crippen LogP contribution in [0.25, 0.3) is 0 Å². The average molecular weight is 214 g/mol. The highest BCUT2D eigenvalue weighted by Crippen LogP contribution is 2.24. The van der Waals surface area contributed by atoms with Crippen LogP contribution in [0.5, 0.6) is 0 Å². The molecule has 60 valence electrons. The van der Waals surface area contributed by atoms with Crippen molar-refractivity contribution in [2.75, 3.05) is 5.73 Å². The summed E-state index contributed by atoms with van der Waals surface area (Å²) in [6, 6.07) is 6.00. The van der Waals surface area contributed by atoms with Gasteiger partial charge in [0.25, 0.3) is 0 Å². The van der Waals surface area contributed by atoms with Gasteiger partial charge in [-0.15, -0.1) is 0 Å². The van der Waals surface area contributed by atoms with Crippen LogP contribution >= 0.6 is 15.9 Å². The number of benzene rings is 1. The zero-order valence-electron chi connectivity index (χ0n) is 6.60. The summed E-state index contributed by atoms with van der Waals surface area (Å²) in [6.45, 7) is 2.16. The first-order valence-electron chi connectivity index (χ1n) is 3.78. The molecule has 0 amide bonds. The van der Waals surface area contributed by atoms with Gasteiger partial charge in [-0.2, -0.15) is 0 Å². The second-order valence-electron chi connectivity index (χ2n) is 2.57. The standard InChI is InChI=1S/C9H12BrN/c1-2-4-7-5-3-6-8(11)9(7)10/h3,5-6H,2,4,11H2,1H3. The second kappa shape index (κ2) is 3.77. The first-order chi connectivity index (χ1) is 5.25. The zero-order chi connectivity index (χ0) is 8.27. The van der Waals surface area contributed by atoms with Crippen LogP contribution in [0, 0.1) is 0 Å². The van der Waals surface area contributed by atoms with E-state index < -0.39 is 0 Å². The fraction of sp³-hybridized carbons (Fsp3) is 0.333. The number of nitrogen functional groups attached to an aromatic ring is 1.